The number of rotatable bonds is 6. The second kappa shape index (κ2) is 11.9. The van der Waals surface area contributed by atoms with E-state index in [2.05, 4.69) is 30.8 Å². The molecular weight excluding hydrogens is 556 g/mol. The van der Waals surface area contributed by atoms with Crippen molar-refractivity contribution in [3.05, 3.63) is 101 Å². The normalized spacial score (nSPS) is 14.6. The van der Waals surface area contributed by atoms with Crippen LogP contribution in [0.4, 0.5) is 27.7 Å². The third-order valence-electron chi connectivity index (χ3n) is 7.06. The Bertz CT molecular complexity index is 1650. The molecule has 0 radical (unpaired) electrons. The number of anilines is 4. The van der Waals surface area contributed by atoms with Crippen molar-refractivity contribution in [3.8, 4) is 0 Å². The number of nitrogens with one attached hydrogen (secondary N) is 3. The molecule has 11 nitrogen and oxygen atoms in total. The summed E-state index contributed by atoms with van der Waals surface area (Å²) in [6.07, 6.45) is 7.21. The molecule has 1 saturated heterocycles. The van der Waals surface area contributed by atoms with E-state index >= 15 is 0 Å². The number of carbonyl (C=O) groups excluding carboxylic acids is 2. The van der Waals surface area contributed by atoms with Crippen molar-refractivity contribution < 1.29 is 14.3 Å². The summed E-state index contributed by atoms with van der Waals surface area (Å²) >= 11 is 6.04. The van der Waals surface area contributed by atoms with Crippen LogP contribution in [0.3, 0.4) is 0 Å². The minimum Gasteiger partial charge on any atom is -0.378 e. The summed E-state index contributed by atoms with van der Waals surface area (Å²) < 4.78 is 7.36. The Balaban J connectivity index is 1.20. The van der Waals surface area contributed by atoms with E-state index in [9.17, 15) is 9.59 Å². The minimum absolute atomic E-state index is 0.0545. The first kappa shape index (κ1) is 27.3. The highest BCUT2D eigenvalue weighted by Crippen LogP contribution is 2.32. The fourth-order valence-electron chi connectivity index (χ4n) is 4.92. The van der Waals surface area contributed by atoms with Gasteiger partial charge in [-0.25, -0.2) is 14.8 Å². The monoisotopic (exact) mass is 584 g/mol. The van der Waals surface area contributed by atoms with Gasteiger partial charge in [0.25, 0.3) is 5.91 Å². The van der Waals surface area contributed by atoms with Crippen LogP contribution in [-0.4, -0.2) is 57.7 Å². The van der Waals surface area contributed by atoms with Crippen LogP contribution < -0.4 is 20.9 Å². The molecule has 0 spiro atoms. The van der Waals surface area contributed by atoms with Gasteiger partial charge in [0.15, 0.2) is 5.82 Å². The number of ether oxygens (including phenoxy) is 1. The number of benzene rings is 2. The molecule has 6 rings (SSSR count). The Kier molecular flexibility index (Phi) is 7.76. The Labute approximate surface area is 247 Å². The Morgan fingerprint density at radius 3 is 2.62 bits per heavy atom. The molecule has 0 saturated carbocycles. The van der Waals surface area contributed by atoms with E-state index in [4.69, 9.17) is 16.3 Å². The van der Waals surface area contributed by atoms with E-state index in [-0.39, 0.29) is 11.9 Å². The first-order valence-corrected chi connectivity index (χ1v) is 13.9. The number of fused-ring (bicyclic) bond motifs is 1. The zero-order valence-corrected chi connectivity index (χ0v) is 23.6. The number of morpholine rings is 1. The topological polar surface area (TPSA) is 117 Å². The predicted molar refractivity (Wildman–Crippen MR) is 163 cm³/mol. The number of carbonyl (C=O) groups is 2. The van der Waals surface area contributed by atoms with Crippen molar-refractivity contribution in [2.75, 3.05) is 47.2 Å². The predicted octanol–water partition coefficient (Wildman–Crippen LogP) is 5.24. The number of aromatic nitrogens is 3. The Morgan fingerprint density at radius 2 is 1.83 bits per heavy atom. The smallest absolute Gasteiger partial charge is 0.323 e. The van der Waals surface area contributed by atoms with E-state index in [0.717, 1.165) is 22.8 Å². The van der Waals surface area contributed by atoms with Crippen molar-refractivity contribution in [2.24, 2.45) is 0 Å². The molecule has 12 heteroatoms. The van der Waals surface area contributed by atoms with Gasteiger partial charge in [-0.1, -0.05) is 23.7 Å². The van der Waals surface area contributed by atoms with E-state index in [0.29, 0.717) is 60.8 Å². The largest absolute Gasteiger partial charge is 0.378 e. The Hall–Kier alpha value is -4.87. The number of halogens is 1. The summed E-state index contributed by atoms with van der Waals surface area (Å²) in [5.41, 5.74) is 4.34. The van der Waals surface area contributed by atoms with Gasteiger partial charge in [0, 0.05) is 60.0 Å². The highest BCUT2D eigenvalue weighted by molar-refractivity contribution is 6.30. The number of hydrogen-bond acceptors (Lipinski definition) is 7. The molecule has 42 heavy (non-hydrogen) atoms. The molecule has 2 aliphatic rings. The van der Waals surface area contributed by atoms with Crippen LogP contribution in [0.15, 0.2) is 79.4 Å². The first-order valence-electron chi connectivity index (χ1n) is 13.5. The lowest BCUT2D eigenvalue weighted by atomic mass is 10.1. The third kappa shape index (κ3) is 5.92. The van der Waals surface area contributed by atoms with Crippen molar-refractivity contribution in [1.29, 1.82) is 0 Å². The molecule has 0 atom stereocenters. The molecule has 2 aromatic heterocycles. The SMILES string of the molecule is Cc1c(NC(=O)Nc2cccc(Cl)c2)cccc1N1C=C(Nc2ccc(C(=O)N3CCOCC3)cn2)c2nccn2C1. The molecule has 2 aliphatic heterocycles. The van der Waals surface area contributed by atoms with Crippen LogP contribution in [0.25, 0.3) is 5.70 Å². The number of nitrogens with zero attached hydrogens (tertiary/aromatic N) is 5. The van der Waals surface area contributed by atoms with Gasteiger partial charge in [-0.05, 0) is 55.0 Å². The number of amides is 3. The number of hydrogen-bond donors (Lipinski definition) is 3. The molecule has 0 aliphatic carbocycles. The van der Waals surface area contributed by atoms with Crippen LogP contribution in [0, 0.1) is 6.92 Å². The quantitative estimate of drug-likeness (QED) is 0.284. The second-order valence-corrected chi connectivity index (χ2v) is 10.3. The maximum absolute atomic E-state index is 12.8. The second-order valence-electron chi connectivity index (χ2n) is 9.88. The number of urea groups is 1. The molecule has 0 bridgehead atoms. The van der Waals surface area contributed by atoms with Crippen LogP contribution in [-0.2, 0) is 11.4 Å². The summed E-state index contributed by atoms with van der Waals surface area (Å²) in [5.74, 6) is 1.29. The Morgan fingerprint density at radius 1 is 1.00 bits per heavy atom. The summed E-state index contributed by atoms with van der Waals surface area (Å²) in [4.78, 5) is 38.4. The van der Waals surface area contributed by atoms with Gasteiger partial charge >= 0.3 is 6.03 Å². The van der Waals surface area contributed by atoms with Crippen LogP contribution >= 0.6 is 11.6 Å². The van der Waals surface area contributed by atoms with Crippen molar-refractivity contribution in [3.63, 3.8) is 0 Å². The van der Waals surface area contributed by atoms with E-state index in [1.54, 1.807) is 53.7 Å². The third-order valence-corrected chi connectivity index (χ3v) is 7.30. The number of pyridine rings is 1. The highest BCUT2D eigenvalue weighted by Gasteiger charge is 2.22. The van der Waals surface area contributed by atoms with E-state index in [1.807, 2.05) is 42.1 Å². The standard InChI is InChI=1S/C30H29ClN8O3/c1-20-24(36-30(41)34-23-5-2-4-22(31)16-23)6-3-7-26(20)39-18-25(28-32-10-11-38(28)19-39)35-27-9-8-21(17-33-27)29(40)37-12-14-42-15-13-37/h2-11,16-18H,12-15,19H2,1H3,(H,33,35)(H2,34,36,41). The maximum atomic E-state index is 12.8. The fraction of sp³-hybridized carbons (Fsp3) is 0.200. The van der Waals surface area contributed by atoms with Crippen molar-refractivity contribution in [1.82, 2.24) is 19.4 Å². The molecule has 0 unspecified atom stereocenters. The molecule has 1 fully saturated rings. The summed E-state index contributed by atoms with van der Waals surface area (Å²) in [6.45, 7) is 4.73. The molecule has 3 N–H and O–H groups in total. The molecule has 214 valence electrons. The van der Waals surface area contributed by atoms with Crippen LogP contribution in [0.2, 0.25) is 5.02 Å². The average molecular weight is 585 g/mol. The van der Waals surface area contributed by atoms with Gasteiger partial charge in [-0.15, -0.1) is 0 Å². The molecule has 4 aromatic rings. The first-order chi connectivity index (χ1) is 20.4. The molecule has 4 heterocycles. The maximum Gasteiger partial charge on any atom is 0.323 e. The van der Waals surface area contributed by atoms with E-state index < -0.39 is 0 Å². The summed E-state index contributed by atoms with van der Waals surface area (Å²) in [7, 11) is 0. The zero-order chi connectivity index (χ0) is 29.1. The fourth-order valence-corrected chi connectivity index (χ4v) is 5.11. The highest BCUT2D eigenvalue weighted by atomic mass is 35.5. The number of imidazole rings is 1. The van der Waals surface area contributed by atoms with Gasteiger partial charge in [0.05, 0.1) is 24.5 Å². The van der Waals surface area contributed by atoms with Crippen molar-refractivity contribution in [2.45, 2.75) is 13.6 Å². The minimum atomic E-state index is -0.368. The van der Waals surface area contributed by atoms with Gasteiger partial charge in [-0.3, -0.25) is 4.79 Å². The lowest BCUT2D eigenvalue weighted by Gasteiger charge is -2.30. The summed E-state index contributed by atoms with van der Waals surface area (Å²) in [5, 5.41) is 9.65. The lowest BCUT2D eigenvalue weighted by Crippen LogP contribution is -2.40. The van der Waals surface area contributed by atoms with Gasteiger partial charge in [0.2, 0.25) is 0 Å². The zero-order valence-electron chi connectivity index (χ0n) is 22.9. The molecular formula is C30H29ClN8O3. The molecule has 2 aromatic carbocycles. The summed E-state index contributed by atoms with van der Waals surface area (Å²) in [6, 6.07) is 15.9. The average Bonchev–Trinajstić information content (AvgIpc) is 3.48. The van der Waals surface area contributed by atoms with Crippen molar-refractivity contribution >= 4 is 52.1 Å². The van der Waals surface area contributed by atoms with Gasteiger partial charge in [0.1, 0.15) is 12.5 Å². The van der Waals surface area contributed by atoms with Crippen LogP contribution in [0.5, 0.6) is 0 Å². The van der Waals surface area contributed by atoms with Crippen LogP contribution in [0.1, 0.15) is 21.7 Å². The van der Waals surface area contributed by atoms with E-state index in [1.165, 1.54) is 0 Å². The van der Waals surface area contributed by atoms with Gasteiger partial charge < -0.3 is 35.1 Å². The lowest BCUT2D eigenvalue weighted by molar-refractivity contribution is 0.0302. The molecule has 3 amide bonds. The van der Waals surface area contributed by atoms with Gasteiger partial charge in [-0.2, -0.15) is 0 Å².